The summed E-state index contributed by atoms with van der Waals surface area (Å²) in [6.45, 7) is 0.865. The standard InChI is InChI=1S/C17H22FN5O/c1-22(9-12-3-7-14(18)8-4-12)10-15(24)21-16(13-5-6-13)17-19-11-20-23(17)2/h3-4,7-8,11,13,16H,5-6,9-10H2,1-2H3,(H,21,24). The fraction of sp³-hybridized carbons (Fsp3) is 0.471. The van der Waals surface area contributed by atoms with Gasteiger partial charge in [0.2, 0.25) is 5.91 Å². The lowest BCUT2D eigenvalue weighted by Gasteiger charge is -2.21. The number of carbonyl (C=O) groups excluding carboxylic acids is 1. The van der Waals surface area contributed by atoms with Gasteiger partial charge in [0.05, 0.1) is 12.6 Å². The van der Waals surface area contributed by atoms with Gasteiger partial charge < -0.3 is 5.32 Å². The molecule has 1 aliphatic rings. The second-order valence-corrected chi connectivity index (χ2v) is 6.42. The van der Waals surface area contributed by atoms with Gasteiger partial charge in [-0.1, -0.05) is 12.1 Å². The zero-order valence-corrected chi connectivity index (χ0v) is 13.9. The quantitative estimate of drug-likeness (QED) is 0.838. The molecule has 24 heavy (non-hydrogen) atoms. The van der Waals surface area contributed by atoms with Crippen molar-refractivity contribution >= 4 is 5.91 Å². The number of benzene rings is 1. The molecule has 1 amide bonds. The molecule has 3 rings (SSSR count). The highest BCUT2D eigenvalue weighted by Gasteiger charge is 2.36. The number of nitrogens with one attached hydrogen (secondary N) is 1. The highest BCUT2D eigenvalue weighted by atomic mass is 19.1. The monoisotopic (exact) mass is 331 g/mol. The predicted molar refractivity (Wildman–Crippen MR) is 87.3 cm³/mol. The van der Waals surface area contributed by atoms with E-state index in [0.29, 0.717) is 12.5 Å². The molecule has 2 aromatic rings. The third kappa shape index (κ3) is 4.17. The van der Waals surface area contributed by atoms with Crippen molar-refractivity contribution in [3.05, 3.63) is 47.8 Å². The van der Waals surface area contributed by atoms with Gasteiger partial charge in [0.1, 0.15) is 18.0 Å². The van der Waals surface area contributed by atoms with Crippen molar-refractivity contribution in [2.24, 2.45) is 13.0 Å². The number of rotatable bonds is 7. The van der Waals surface area contributed by atoms with Crippen molar-refractivity contribution < 1.29 is 9.18 Å². The first kappa shape index (κ1) is 16.6. The zero-order valence-electron chi connectivity index (χ0n) is 13.9. The second kappa shape index (κ2) is 7.09. The number of amides is 1. The van der Waals surface area contributed by atoms with Gasteiger partial charge in [0, 0.05) is 13.6 Å². The maximum atomic E-state index is 12.9. The van der Waals surface area contributed by atoms with E-state index in [1.54, 1.807) is 16.8 Å². The van der Waals surface area contributed by atoms with Gasteiger partial charge >= 0.3 is 0 Å². The summed E-state index contributed by atoms with van der Waals surface area (Å²) in [5, 5.41) is 7.18. The number of halogens is 1. The fourth-order valence-corrected chi connectivity index (χ4v) is 2.83. The van der Waals surface area contributed by atoms with E-state index in [-0.39, 0.29) is 24.3 Å². The molecular weight excluding hydrogens is 309 g/mol. The fourth-order valence-electron chi connectivity index (χ4n) is 2.83. The van der Waals surface area contributed by atoms with E-state index < -0.39 is 0 Å². The van der Waals surface area contributed by atoms with Gasteiger partial charge in [-0.15, -0.1) is 0 Å². The van der Waals surface area contributed by atoms with Crippen LogP contribution in [-0.2, 0) is 18.4 Å². The molecule has 0 aliphatic heterocycles. The molecule has 1 aliphatic carbocycles. The van der Waals surface area contributed by atoms with Gasteiger partial charge in [-0.05, 0) is 43.5 Å². The molecule has 1 fully saturated rings. The first-order valence-corrected chi connectivity index (χ1v) is 8.09. The average molecular weight is 331 g/mol. The van der Waals surface area contributed by atoms with Crippen LogP contribution in [0, 0.1) is 11.7 Å². The summed E-state index contributed by atoms with van der Waals surface area (Å²) < 4.78 is 14.6. The van der Waals surface area contributed by atoms with Crippen LogP contribution in [0.25, 0.3) is 0 Å². The molecule has 1 unspecified atom stereocenters. The number of hydrogen-bond acceptors (Lipinski definition) is 4. The van der Waals surface area contributed by atoms with Crippen LogP contribution in [0.4, 0.5) is 4.39 Å². The number of aromatic nitrogens is 3. The second-order valence-electron chi connectivity index (χ2n) is 6.42. The van der Waals surface area contributed by atoms with E-state index in [9.17, 15) is 9.18 Å². The lowest BCUT2D eigenvalue weighted by Crippen LogP contribution is -2.38. The largest absolute Gasteiger partial charge is 0.345 e. The summed E-state index contributed by atoms with van der Waals surface area (Å²) in [6, 6.07) is 6.25. The van der Waals surface area contributed by atoms with Crippen LogP contribution in [0.5, 0.6) is 0 Å². The van der Waals surface area contributed by atoms with E-state index in [1.807, 2.05) is 19.0 Å². The lowest BCUT2D eigenvalue weighted by molar-refractivity contribution is -0.123. The van der Waals surface area contributed by atoms with Crippen LogP contribution in [0.2, 0.25) is 0 Å². The van der Waals surface area contributed by atoms with Crippen molar-refractivity contribution in [3.63, 3.8) is 0 Å². The summed E-state index contributed by atoms with van der Waals surface area (Å²) in [5.74, 6) is 0.945. The normalized spacial score (nSPS) is 15.5. The molecule has 6 nitrogen and oxygen atoms in total. The first-order valence-electron chi connectivity index (χ1n) is 8.09. The van der Waals surface area contributed by atoms with Crippen LogP contribution in [0.15, 0.2) is 30.6 Å². The van der Waals surface area contributed by atoms with Crippen LogP contribution >= 0.6 is 0 Å². The van der Waals surface area contributed by atoms with Crippen molar-refractivity contribution in [2.45, 2.75) is 25.4 Å². The number of likely N-dealkylation sites (N-methyl/N-ethyl adjacent to an activating group) is 1. The zero-order chi connectivity index (χ0) is 17.1. The molecule has 1 N–H and O–H groups in total. The van der Waals surface area contributed by atoms with Gasteiger partial charge in [0.25, 0.3) is 0 Å². The van der Waals surface area contributed by atoms with Gasteiger partial charge in [-0.3, -0.25) is 14.4 Å². The summed E-state index contributed by atoms with van der Waals surface area (Å²) >= 11 is 0. The molecule has 128 valence electrons. The Balaban J connectivity index is 1.55. The van der Waals surface area contributed by atoms with Crippen molar-refractivity contribution in [3.8, 4) is 0 Å². The topological polar surface area (TPSA) is 63.1 Å². The highest BCUT2D eigenvalue weighted by Crippen LogP contribution is 2.40. The Hall–Kier alpha value is -2.28. The number of nitrogens with zero attached hydrogens (tertiary/aromatic N) is 4. The first-order chi connectivity index (χ1) is 11.5. The third-order valence-electron chi connectivity index (χ3n) is 4.21. The number of carbonyl (C=O) groups is 1. The summed E-state index contributed by atoms with van der Waals surface area (Å²) in [6.07, 6.45) is 3.71. The van der Waals surface area contributed by atoms with Crippen LogP contribution < -0.4 is 5.32 Å². The Bertz CT molecular complexity index is 695. The summed E-state index contributed by atoms with van der Waals surface area (Å²) in [7, 11) is 3.71. The Morgan fingerprint density at radius 2 is 2.12 bits per heavy atom. The van der Waals surface area contributed by atoms with Gasteiger partial charge in [-0.2, -0.15) is 5.10 Å². The number of aryl methyl sites for hydroxylation is 1. The maximum absolute atomic E-state index is 12.9. The maximum Gasteiger partial charge on any atom is 0.234 e. The molecule has 7 heteroatoms. The highest BCUT2D eigenvalue weighted by molar-refractivity contribution is 5.78. The average Bonchev–Trinajstić information content (AvgIpc) is 3.29. The van der Waals surface area contributed by atoms with Crippen molar-refractivity contribution in [2.75, 3.05) is 13.6 Å². The SMILES string of the molecule is CN(CC(=O)NC(c1ncnn1C)C1CC1)Cc1ccc(F)cc1. The molecule has 1 aromatic carbocycles. The van der Waals surface area contributed by atoms with E-state index in [2.05, 4.69) is 15.4 Å². The minimum atomic E-state index is -0.255. The molecule has 0 bridgehead atoms. The van der Waals surface area contributed by atoms with E-state index in [1.165, 1.54) is 18.5 Å². The molecule has 1 atom stereocenters. The Morgan fingerprint density at radius 1 is 1.42 bits per heavy atom. The minimum absolute atomic E-state index is 0.0421. The lowest BCUT2D eigenvalue weighted by atomic mass is 10.1. The Labute approximate surface area is 140 Å². The van der Waals surface area contributed by atoms with Gasteiger partial charge in [-0.25, -0.2) is 9.37 Å². The molecular formula is C17H22FN5O. The molecule has 1 saturated carbocycles. The van der Waals surface area contributed by atoms with Crippen LogP contribution in [0.3, 0.4) is 0 Å². The Kier molecular flexibility index (Phi) is 4.89. The third-order valence-corrected chi connectivity index (χ3v) is 4.21. The van der Waals surface area contributed by atoms with E-state index >= 15 is 0 Å². The molecule has 1 heterocycles. The molecule has 0 saturated heterocycles. The van der Waals surface area contributed by atoms with Gasteiger partial charge in [0.15, 0.2) is 0 Å². The van der Waals surface area contributed by atoms with Crippen molar-refractivity contribution in [1.29, 1.82) is 0 Å². The minimum Gasteiger partial charge on any atom is -0.345 e. The molecule has 0 radical (unpaired) electrons. The van der Waals surface area contributed by atoms with E-state index in [4.69, 9.17) is 0 Å². The molecule has 1 aromatic heterocycles. The predicted octanol–water partition coefficient (Wildman–Crippen LogP) is 1.65. The number of hydrogen-bond donors (Lipinski definition) is 1. The van der Waals surface area contributed by atoms with E-state index in [0.717, 1.165) is 24.2 Å². The van der Waals surface area contributed by atoms with Crippen LogP contribution in [-0.4, -0.2) is 39.2 Å². The Morgan fingerprint density at radius 3 is 2.71 bits per heavy atom. The molecule has 0 spiro atoms. The van der Waals surface area contributed by atoms with Crippen LogP contribution in [0.1, 0.15) is 30.3 Å². The van der Waals surface area contributed by atoms with Crippen molar-refractivity contribution in [1.82, 2.24) is 25.0 Å². The smallest absolute Gasteiger partial charge is 0.234 e. The summed E-state index contributed by atoms with van der Waals surface area (Å²) in [5.41, 5.74) is 0.971. The summed E-state index contributed by atoms with van der Waals surface area (Å²) in [4.78, 5) is 18.6.